The molecule has 0 fully saturated rings. The Hall–Kier alpha value is -10.1. The first-order valence-corrected chi connectivity index (χ1v) is 28.6. The molecule has 81 heavy (non-hydrogen) atoms. The number of nitrogens with zero attached hydrogens (tertiary/aromatic N) is 1. The number of fused-ring (bicyclic) bond motifs is 18. The first-order chi connectivity index (χ1) is 40.2. The van der Waals surface area contributed by atoms with Gasteiger partial charge in [0.25, 0.3) is 0 Å². The molecule has 0 saturated carbocycles. The lowest BCUT2D eigenvalue weighted by atomic mass is 9.51. The predicted molar refractivity (Wildman–Crippen MR) is 337 cm³/mol. The van der Waals surface area contributed by atoms with Crippen molar-refractivity contribution in [2.24, 2.45) is 0 Å². The highest BCUT2D eigenvalue weighted by molar-refractivity contribution is 6.16. The van der Waals surface area contributed by atoms with Crippen LogP contribution in [-0.4, -0.2) is 4.57 Å². The van der Waals surface area contributed by atoms with Gasteiger partial charge in [0.1, 0.15) is 0 Å². The molecule has 0 bridgehead atoms. The molecule has 1 heterocycles. The summed E-state index contributed by atoms with van der Waals surface area (Å²) in [6.45, 7) is 0. The molecule has 0 atom stereocenters. The van der Waals surface area contributed by atoms with E-state index < -0.39 is 10.8 Å². The Kier molecular flexibility index (Phi) is 10.0. The Bertz CT molecular complexity index is 4630. The van der Waals surface area contributed by atoms with E-state index in [2.05, 4.69) is 302 Å². The molecule has 0 unspecified atom stereocenters. The number of aromatic nitrogens is 1. The highest BCUT2D eigenvalue weighted by Gasteiger charge is 2.60. The Balaban J connectivity index is 0.931. The molecular weight excluding hydrogens is 975 g/mol. The molecule has 4 aliphatic rings. The Morgan fingerprint density at radius 1 is 0.272 bits per heavy atom. The summed E-state index contributed by atoms with van der Waals surface area (Å²) in [6.07, 6.45) is 4.43. The first-order valence-electron chi connectivity index (χ1n) is 28.6. The average Bonchev–Trinajstić information content (AvgIpc) is 4.37. The fourth-order valence-corrected chi connectivity index (χ4v) is 15.3. The van der Waals surface area contributed by atoms with Crippen LogP contribution in [0.4, 0.5) is 0 Å². The molecule has 0 amide bonds. The van der Waals surface area contributed by atoms with Gasteiger partial charge in [-0.2, -0.15) is 0 Å². The van der Waals surface area contributed by atoms with Crippen molar-refractivity contribution in [2.75, 3.05) is 0 Å². The van der Waals surface area contributed by atoms with Gasteiger partial charge in [-0.3, -0.25) is 0 Å². The lowest BCUT2D eigenvalue weighted by Gasteiger charge is -2.50. The molecule has 4 aliphatic carbocycles. The number of benzene rings is 12. The van der Waals surface area contributed by atoms with Crippen LogP contribution >= 0.6 is 0 Å². The number of hydrogen-bond donors (Lipinski definition) is 0. The summed E-state index contributed by atoms with van der Waals surface area (Å²) in [5.74, 6) is 0. The van der Waals surface area contributed by atoms with Gasteiger partial charge in [0.15, 0.2) is 0 Å². The maximum absolute atomic E-state index is 2.59. The van der Waals surface area contributed by atoms with E-state index in [9.17, 15) is 0 Å². The van der Waals surface area contributed by atoms with Crippen LogP contribution in [0.5, 0.6) is 0 Å². The third kappa shape index (κ3) is 6.49. The molecule has 0 N–H and O–H groups in total. The van der Waals surface area contributed by atoms with E-state index in [1.165, 1.54) is 144 Å². The van der Waals surface area contributed by atoms with E-state index in [4.69, 9.17) is 0 Å². The van der Waals surface area contributed by atoms with Crippen molar-refractivity contribution in [1.82, 2.24) is 4.57 Å². The van der Waals surface area contributed by atoms with Crippen molar-refractivity contribution in [3.8, 4) is 61.3 Å². The summed E-state index contributed by atoms with van der Waals surface area (Å²) in [5.41, 5.74) is 31.0. The Morgan fingerprint density at radius 2 is 0.654 bits per heavy atom. The van der Waals surface area contributed by atoms with Gasteiger partial charge in [-0.05, 0) is 184 Å². The van der Waals surface area contributed by atoms with E-state index >= 15 is 0 Å². The third-order valence-electron chi connectivity index (χ3n) is 18.6. The summed E-state index contributed by atoms with van der Waals surface area (Å²) in [4.78, 5) is 0. The Labute approximate surface area is 472 Å². The van der Waals surface area contributed by atoms with Crippen molar-refractivity contribution in [3.63, 3.8) is 0 Å². The van der Waals surface area contributed by atoms with Gasteiger partial charge in [-0.1, -0.05) is 249 Å². The lowest BCUT2D eigenvalue weighted by Crippen LogP contribution is -2.44. The van der Waals surface area contributed by atoms with Gasteiger partial charge in [0.2, 0.25) is 0 Å². The second kappa shape index (κ2) is 17.7. The van der Waals surface area contributed by atoms with Crippen LogP contribution in [0.1, 0.15) is 62.9 Å². The summed E-state index contributed by atoms with van der Waals surface area (Å²) >= 11 is 0. The van der Waals surface area contributed by atoms with E-state index in [0.717, 1.165) is 18.5 Å². The molecule has 2 spiro atoms. The van der Waals surface area contributed by atoms with Gasteiger partial charge in [0.05, 0.1) is 21.9 Å². The minimum atomic E-state index is -0.607. The zero-order valence-corrected chi connectivity index (χ0v) is 44.7. The second-order valence-electron chi connectivity index (χ2n) is 22.5. The standard InChI is InChI=1S/C80H53N/c1-5-20-52(21-6-1)56-36-42-61(43-37-56)81-76-46-40-57(53-22-7-2-8-23-53)48-66(76)67-49-60(41-47-77(67)81)62-31-19-35-73-78(62)65-30-15-18-34-70(65)80(73)71-44-38-58(54-24-9-3-10-25-54)50-74(71)79(68-32-16-13-28-63(68)64-29-14-17-33-69(64)79)75-51-59(39-45-72(75)80)55-26-11-4-12-27-55/h1-18,20-34,36-51H,19,35H2. The van der Waals surface area contributed by atoms with Gasteiger partial charge in [0, 0.05) is 16.5 Å². The monoisotopic (exact) mass is 1030 g/mol. The van der Waals surface area contributed by atoms with Gasteiger partial charge in [-0.15, -0.1) is 0 Å². The number of rotatable bonds is 6. The van der Waals surface area contributed by atoms with Gasteiger partial charge in [-0.25, -0.2) is 0 Å². The summed E-state index contributed by atoms with van der Waals surface area (Å²) in [7, 11) is 0. The number of hydrogen-bond acceptors (Lipinski definition) is 0. The second-order valence-corrected chi connectivity index (χ2v) is 22.5. The molecule has 378 valence electrons. The van der Waals surface area contributed by atoms with Crippen molar-refractivity contribution in [1.29, 1.82) is 0 Å². The first kappa shape index (κ1) is 45.9. The van der Waals surface area contributed by atoms with E-state index in [0.29, 0.717) is 0 Å². The van der Waals surface area contributed by atoms with Crippen LogP contribution < -0.4 is 0 Å². The van der Waals surface area contributed by atoms with E-state index in [1.807, 2.05) is 0 Å². The quantitative estimate of drug-likeness (QED) is 0.156. The SMILES string of the molecule is C1=C(c2ccc3c(c2)c2cc(-c4ccccc4)ccc2n3-c2ccc(-c3ccccc3)cc2)C2=C(CC1)C1(c3ccccc32)c2ccc(-c3ccccc3)cc2C2(c3ccccc3-c3ccccc32)c2cc(-c3ccccc3)ccc21. The zero-order valence-electron chi connectivity index (χ0n) is 44.7. The lowest BCUT2D eigenvalue weighted by molar-refractivity contribution is 0.606. The molecule has 1 aromatic heterocycles. The fraction of sp³-hybridized carbons (Fsp3) is 0.0500. The third-order valence-corrected chi connectivity index (χ3v) is 18.6. The number of allylic oxidation sites excluding steroid dienone is 4. The van der Waals surface area contributed by atoms with Crippen LogP contribution in [0.3, 0.4) is 0 Å². The van der Waals surface area contributed by atoms with Crippen molar-refractivity contribution < 1.29 is 0 Å². The maximum Gasteiger partial charge on any atom is 0.0720 e. The largest absolute Gasteiger partial charge is 0.309 e. The van der Waals surface area contributed by atoms with E-state index in [1.54, 1.807) is 0 Å². The van der Waals surface area contributed by atoms with Crippen LogP contribution in [0, 0.1) is 0 Å². The Morgan fingerprint density at radius 3 is 1.17 bits per heavy atom. The predicted octanol–water partition coefficient (Wildman–Crippen LogP) is 20.1. The summed E-state index contributed by atoms with van der Waals surface area (Å²) in [6, 6.07) is 110. The van der Waals surface area contributed by atoms with Crippen molar-refractivity contribution >= 4 is 33.0 Å². The normalized spacial score (nSPS) is 14.8. The minimum Gasteiger partial charge on any atom is -0.309 e. The van der Waals surface area contributed by atoms with Crippen LogP contribution in [0.15, 0.2) is 303 Å². The van der Waals surface area contributed by atoms with Crippen molar-refractivity contribution in [3.05, 3.63) is 353 Å². The molecular formula is C80H53N. The smallest absolute Gasteiger partial charge is 0.0720 e. The molecule has 0 saturated heterocycles. The molecule has 0 radical (unpaired) electrons. The zero-order chi connectivity index (χ0) is 53.2. The van der Waals surface area contributed by atoms with Crippen LogP contribution in [0.25, 0.3) is 94.3 Å². The summed E-state index contributed by atoms with van der Waals surface area (Å²) in [5, 5.41) is 2.49. The average molecular weight is 1030 g/mol. The van der Waals surface area contributed by atoms with Gasteiger partial charge < -0.3 is 4.57 Å². The molecule has 0 aliphatic heterocycles. The molecule has 12 aromatic carbocycles. The minimum absolute atomic E-state index is 0.588. The molecule has 17 rings (SSSR count). The highest BCUT2D eigenvalue weighted by atomic mass is 15.0. The maximum atomic E-state index is 2.59. The molecule has 1 heteroatoms. The van der Waals surface area contributed by atoms with Gasteiger partial charge >= 0.3 is 0 Å². The van der Waals surface area contributed by atoms with Crippen LogP contribution in [-0.2, 0) is 10.8 Å². The molecule has 1 nitrogen and oxygen atoms in total. The van der Waals surface area contributed by atoms with Crippen molar-refractivity contribution in [2.45, 2.75) is 23.7 Å². The van der Waals surface area contributed by atoms with Crippen LogP contribution in [0.2, 0.25) is 0 Å². The fourth-order valence-electron chi connectivity index (χ4n) is 15.3. The van der Waals surface area contributed by atoms with E-state index in [-0.39, 0.29) is 0 Å². The highest BCUT2D eigenvalue weighted by Crippen LogP contribution is 2.69. The summed E-state index contributed by atoms with van der Waals surface area (Å²) < 4.78 is 2.47. The topological polar surface area (TPSA) is 4.93 Å². The molecule has 13 aromatic rings.